The number of carbonyl (C=O) groups is 3. The van der Waals surface area contributed by atoms with Gasteiger partial charge in [-0.1, -0.05) is 54.6 Å². The van der Waals surface area contributed by atoms with Crippen molar-refractivity contribution >= 4 is 28.5 Å². The van der Waals surface area contributed by atoms with Gasteiger partial charge in [-0.15, -0.1) is 0 Å². The first kappa shape index (κ1) is 22.4. The molecule has 6 heteroatoms. The van der Waals surface area contributed by atoms with Gasteiger partial charge in [0, 0.05) is 42.3 Å². The number of aromatic nitrogens is 1. The van der Waals surface area contributed by atoms with E-state index in [2.05, 4.69) is 21.6 Å². The van der Waals surface area contributed by atoms with Crippen molar-refractivity contribution in [2.24, 2.45) is 7.05 Å². The number of fused-ring (bicyclic) bond motifs is 3. The number of imide groups is 1. The average Bonchev–Trinajstić information content (AvgIpc) is 3.30. The Kier molecular flexibility index (Phi) is 5.34. The number of Topliss-reactive ketones (excluding diaryl/α,β-unsaturated/α-hetero) is 1. The van der Waals surface area contributed by atoms with Crippen molar-refractivity contribution in [3.05, 3.63) is 106 Å². The van der Waals surface area contributed by atoms with Gasteiger partial charge in [-0.25, -0.2) is 0 Å². The van der Waals surface area contributed by atoms with Crippen molar-refractivity contribution in [3.8, 4) is 0 Å². The van der Waals surface area contributed by atoms with Crippen LogP contribution in [0, 0.1) is 6.92 Å². The molecular formula is C30H27N3O3. The molecule has 180 valence electrons. The molecule has 3 heterocycles. The zero-order valence-electron chi connectivity index (χ0n) is 20.4. The summed E-state index contributed by atoms with van der Waals surface area (Å²) in [5.74, 6) is -0.485. The van der Waals surface area contributed by atoms with Crippen molar-refractivity contribution in [2.45, 2.75) is 19.4 Å². The van der Waals surface area contributed by atoms with Crippen LogP contribution in [-0.4, -0.2) is 51.6 Å². The van der Waals surface area contributed by atoms with Gasteiger partial charge < -0.3 is 4.57 Å². The molecule has 2 aliphatic heterocycles. The van der Waals surface area contributed by atoms with E-state index in [1.807, 2.05) is 50.4 Å². The van der Waals surface area contributed by atoms with Gasteiger partial charge >= 0.3 is 0 Å². The van der Waals surface area contributed by atoms with E-state index in [4.69, 9.17) is 0 Å². The van der Waals surface area contributed by atoms with Gasteiger partial charge in [-0.3, -0.25) is 24.2 Å². The van der Waals surface area contributed by atoms with Crippen LogP contribution in [0.25, 0.3) is 10.9 Å². The Bertz CT molecular complexity index is 1520. The Morgan fingerprint density at radius 2 is 1.53 bits per heavy atom. The molecule has 3 aromatic carbocycles. The highest BCUT2D eigenvalue weighted by molar-refractivity contribution is 6.21. The Balaban J connectivity index is 1.34. The SMILES string of the molecule is Cc1c(C(=O)CN2CCc3ccccc3[C@@H]2CN2C(=O)c3ccccc3C2=O)c2ccccc2n1C. The largest absolute Gasteiger partial charge is 0.347 e. The summed E-state index contributed by atoms with van der Waals surface area (Å²) in [6.45, 7) is 3.09. The van der Waals surface area contributed by atoms with Crippen LogP contribution in [-0.2, 0) is 13.5 Å². The number of benzene rings is 3. The molecule has 0 saturated carbocycles. The van der Waals surface area contributed by atoms with Crippen LogP contribution in [0.3, 0.4) is 0 Å². The van der Waals surface area contributed by atoms with Crippen molar-refractivity contribution in [2.75, 3.05) is 19.6 Å². The Labute approximate surface area is 209 Å². The van der Waals surface area contributed by atoms with Crippen LogP contribution < -0.4 is 0 Å². The summed E-state index contributed by atoms with van der Waals surface area (Å²) in [6.07, 6.45) is 0.816. The number of para-hydroxylation sites is 1. The highest BCUT2D eigenvalue weighted by atomic mass is 16.2. The summed E-state index contributed by atoms with van der Waals surface area (Å²) in [4.78, 5) is 43.5. The minimum Gasteiger partial charge on any atom is -0.347 e. The van der Waals surface area contributed by atoms with Crippen LogP contribution in [0.1, 0.15) is 53.9 Å². The lowest BCUT2D eigenvalue weighted by Crippen LogP contribution is -2.45. The summed E-state index contributed by atoms with van der Waals surface area (Å²) >= 11 is 0. The fourth-order valence-electron chi connectivity index (χ4n) is 5.82. The molecule has 6 nitrogen and oxygen atoms in total. The van der Waals surface area contributed by atoms with Gasteiger partial charge in [0.05, 0.1) is 23.7 Å². The molecule has 6 rings (SSSR count). The van der Waals surface area contributed by atoms with E-state index in [1.165, 1.54) is 10.5 Å². The summed E-state index contributed by atoms with van der Waals surface area (Å²) in [6, 6.07) is 22.8. The quantitative estimate of drug-likeness (QED) is 0.312. The molecule has 36 heavy (non-hydrogen) atoms. The minimum absolute atomic E-state index is 0.0519. The summed E-state index contributed by atoms with van der Waals surface area (Å²) in [5, 5.41) is 0.955. The molecule has 0 fully saturated rings. The molecule has 2 amide bonds. The second kappa shape index (κ2) is 8.57. The third-order valence-corrected chi connectivity index (χ3v) is 7.78. The number of ketones is 1. The van der Waals surface area contributed by atoms with Gasteiger partial charge in [-0.05, 0) is 42.7 Å². The lowest BCUT2D eigenvalue weighted by molar-refractivity contribution is 0.0574. The molecule has 0 spiro atoms. The van der Waals surface area contributed by atoms with Crippen LogP contribution >= 0.6 is 0 Å². The predicted molar refractivity (Wildman–Crippen MR) is 138 cm³/mol. The third kappa shape index (κ3) is 3.40. The number of aryl methyl sites for hydroxylation is 1. The number of hydrogen-bond donors (Lipinski definition) is 0. The van der Waals surface area contributed by atoms with E-state index >= 15 is 0 Å². The number of rotatable bonds is 5. The lowest BCUT2D eigenvalue weighted by atomic mass is 9.91. The normalized spacial score (nSPS) is 17.5. The van der Waals surface area contributed by atoms with Gasteiger partial charge in [0.15, 0.2) is 5.78 Å². The maximum Gasteiger partial charge on any atom is 0.261 e. The van der Waals surface area contributed by atoms with Crippen molar-refractivity contribution in [1.29, 1.82) is 0 Å². The van der Waals surface area contributed by atoms with E-state index in [0.29, 0.717) is 17.7 Å². The molecule has 0 bridgehead atoms. The molecule has 1 aromatic heterocycles. The smallest absolute Gasteiger partial charge is 0.261 e. The molecule has 0 aliphatic carbocycles. The fraction of sp³-hybridized carbons (Fsp3) is 0.233. The zero-order valence-corrected chi connectivity index (χ0v) is 20.4. The maximum absolute atomic E-state index is 13.8. The van der Waals surface area contributed by atoms with Crippen molar-refractivity contribution in [3.63, 3.8) is 0 Å². The Morgan fingerprint density at radius 1 is 0.889 bits per heavy atom. The van der Waals surface area contributed by atoms with E-state index in [1.54, 1.807) is 24.3 Å². The number of amides is 2. The lowest BCUT2D eigenvalue weighted by Gasteiger charge is -2.38. The van der Waals surface area contributed by atoms with Crippen LogP contribution in [0.5, 0.6) is 0 Å². The minimum atomic E-state index is -0.269. The van der Waals surface area contributed by atoms with Gasteiger partial charge in [0.25, 0.3) is 11.8 Å². The van der Waals surface area contributed by atoms with Gasteiger partial charge in [0.1, 0.15) is 0 Å². The molecule has 0 saturated heterocycles. The molecular weight excluding hydrogens is 450 g/mol. The standard InChI is InChI=1S/C30H27N3O3/c1-19-28(24-13-7-8-14-25(24)31(19)2)27(34)18-32-16-15-20-9-3-4-10-21(20)26(32)17-33-29(35)22-11-5-6-12-23(22)30(33)36/h3-14,26H,15-18H2,1-2H3/t26-/m0/s1. The number of nitrogens with zero attached hydrogens (tertiary/aromatic N) is 3. The highest BCUT2D eigenvalue weighted by Gasteiger charge is 2.39. The van der Waals surface area contributed by atoms with Gasteiger partial charge in [-0.2, -0.15) is 0 Å². The summed E-state index contributed by atoms with van der Waals surface area (Å²) < 4.78 is 2.06. The second-order valence-electron chi connectivity index (χ2n) is 9.66. The molecule has 1 atom stereocenters. The maximum atomic E-state index is 13.8. The first-order valence-corrected chi connectivity index (χ1v) is 12.3. The Hall–Kier alpha value is -4.03. The van der Waals surface area contributed by atoms with Gasteiger partial charge in [0.2, 0.25) is 0 Å². The Morgan fingerprint density at radius 3 is 2.28 bits per heavy atom. The molecule has 4 aromatic rings. The van der Waals surface area contributed by atoms with E-state index in [-0.39, 0.29) is 36.7 Å². The van der Waals surface area contributed by atoms with Crippen LogP contribution in [0.4, 0.5) is 0 Å². The predicted octanol–water partition coefficient (Wildman–Crippen LogP) is 4.57. The second-order valence-corrected chi connectivity index (χ2v) is 9.66. The number of carbonyl (C=O) groups excluding carboxylic acids is 3. The third-order valence-electron chi connectivity index (χ3n) is 7.78. The monoisotopic (exact) mass is 477 g/mol. The van der Waals surface area contributed by atoms with Crippen LogP contribution in [0.15, 0.2) is 72.8 Å². The van der Waals surface area contributed by atoms with Crippen LogP contribution in [0.2, 0.25) is 0 Å². The first-order valence-electron chi connectivity index (χ1n) is 12.3. The summed E-state index contributed by atoms with van der Waals surface area (Å²) in [7, 11) is 1.98. The molecule has 0 radical (unpaired) electrons. The van der Waals surface area contributed by atoms with Crippen molar-refractivity contribution < 1.29 is 14.4 Å². The van der Waals surface area contributed by atoms with E-state index in [9.17, 15) is 14.4 Å². The molecule has 2 aliphatic rings. The number of hydrogen-bond acceptors (Lipinski definition) is 4. The van der Waals surface area contributed by atoms with E-state index < -0.39 is 0 Å². The zero-order chi connectivity index (χ0) is 25.0. The molecule has 0 unspecified atom stereocenters. The first-order chi connectivity index (χ1) is 17.5. The molecule has 0 N–H and O–H groups in total. The topological polar surface area (TPSA) is 62.6 Å². The van der Waals surface area contributed by atoms with Crippen molar-refractivity contribution in [1.82, 2.24) is 14.4 Å². The summed E-state index contributed by atoms with van der Waals surface area (Å²) in [5.41, 5.74) is 5.87. The fourth-order valence-corrected chi connectivity index (χ4v) is 5.82. The highest BCUT2D eigenvalue weighted by Crippen LogP contribution is 2.34. The average molecular weight is 478 g/mol. The van der Waals surface area contributed by atoms with E-state index in [0.717, 1.165) is 34.1 Å².